The van der Waals surface area contributed by atoms with Gasteiger partial charge in [0.2, 0.25) is 5.91 Å². The number of H-pyrrole nitrogens is 1. The molecule has 0 fully saturated rings. The average Bonchev–Trinajstić information content (AvgIpc) is 2.91. The lowest BCUT2D eigenvalue weighted by Crippen LogP contribution is -2.25. The fraction of sp³-hybridized carbons (Fsp3) is 0.267. The molecular formula is C15H18N2O. The van der Waals surface area contributed by atoms with Crippen LogP contribution in [0.1, 0.15) is 17.7 Å². The Morgan fingerprint density at radius 2 is 1.89 bits per heavy atom. The highest BCUT2D eigenvalue weighted by Crippen LogP contribution is 2.00. The van der Waals surface area contributed by atoms with E-state index in [1.54, 1.807) is 0 Å². The van der Waals surface area contributed by atoms with Crippen LogP contribution in [0.2, 0.25) is 0 Å². The molecule has 0 aliphatic carbocycles. The number of nitrogens with one attached hydrogen (secondary N) is 2. The van der Waals surface area contributed by atoms with Crippen LogP contribution in [0.15, 0.2) is 48.7 Å². The number of hydrogen-bond donors (Lipinski definition) is 2. The number of aromatic nitrogens is 1. The number of carbonyl (C=O) groups is 1. The van der Waals surface area contributed by atoms with Gasteiger partial charge in [-0.15, -0.1) is 0 Å². The van der Waals surface area contributed by atoms with Crippen molar-refractivity contribution < 1.29 is 4.79 Å². The highest BCUT2D eigenvalue weighted by atomic mass is 16.1. The van der Waals surface area contributed by atoms with E-state index >= 15 is 0 Å². The van der Waals surface area contributed by atoms with E-state index in [4.69, 9.17) is 0 Å². The van der Waals surface area contributed by atoms with Gasteiger partial charge in [0.15, 0.2) is 0 Å². The third kappa shape index (κ3) is 4.09. The summed E-state index contributed by atoms with van der Waals surface area (Å²) in [5.74, 6) is 0.112. The Morgan fingerprint density at radius 1 is 1.06 bits per heavy atom. The first kappa shape index (κ1) is 12.4. The fourth-order valence-electron chi connectivity index (χ4n) is 1.85. The summed E-state index contributed by atoms with van der Waals surface area (Å²) in [4.78, 5) is 14.7. The van der Waals surface area contributed by atoms with Gasteiger partial charge in [0.05, 0.1) is 0 Å². The van der Waals surface area contributed by atoms with Gasteiger partial charge in [0.1, 0.15) is 0 Å². The molecule has 2 rings (SSSR count). The van der Waals surface area contributed by atoms with Crippen molar-refractivity contribution in [3.63, 3.8) is 0 Å². The molecule has 1 aromatic carbocycles. The molecule has 94 valence electrons. The highest BCUT2D eigenvalue weighted by Gasteiger charge is 2.02. The molecule has 1 heterocycles. The van der Waals surface area contributed by atoms with E-state index in [9.17, 15) is 4.79 Å². The molecular weight excluding hydrogens is 224 g/mol. The van der Waals surface area contributed by atoms with Crippen molar-refractivity contribution in [1.29, 1.82) is 0 Å². The largest absolute Gasteiger partial charge is 0.365 e. The van der Waals surface area contributed by atoms with Crippen molar-refractivity contribution in [1.82, 2.24) is 10.3 Å². The van der Waals surface area contributed by atoms with Crippen molar-refractivity contribution >= 4 is 5.91 Å². The molecule has 18 heavy (non-hydrogen) atoms. The van der Waals surface area contributed by atoms with Crippen molar-refractivity contribution in [3.05, 3.63) is 59.9 Å². The topological polar surface area (TPSA) is 44.9 Å². The molecule has 0 atom stereocenters. The molecule has 3 nitrogen and oxygen atoms in total. The quantitative estimate of drug-likeness (QED) is 0.802. The van der Waals surface area contributed by atoms with Gasteiger partial charge in [-0.1, -0.05) is 30.3 Å². The summed E-state index contributed by atoms with van der Waals surface area (Å²) in [6.45, 7) is 0.702. The number of benzene rings is 1. The van der Waals surface area contributed by atoms with Crippen LogP contribution in [0.5, 0.6) is 0 Å². The van der Waals surface area contributed by atoms with Crippen molar-refractivity contribution in [2.45, 2.75) is 19.3 Å². The molecule has 1 aromatic heterocycles. The Labute approximate surface area is 107 Å². The van der Waals surface area contributed by atoms with Crippen LogP contribution in [0.3, 0.4) is 0 Å². The van der Waals surface area contributed by atoms with E-state index < -0.39 is 0 Å². The molecule has 0 saturated carbocycles. The second-order valence-electron chi connectivity index (χ2n) is 4.28. The highest BCUT2D eigenvalue weighted by molar-refractivity contribution is 5.76. The van der Waals surface area contributed by atoms with Crippen LogP contribution in [0, 0.1) is 0 Å². The van der Waals surface area contributed by atoms with Crippen LogP contribution in [0.25, 0.3) is 0 Å². The first-order valence-corrected chi connectivity index (χ1v) is 6.27. The molecule has 3 heteroatoms. The maximum absolute atomic E-state index is 11.6. The summed E-state index contributed by atoms with van der Waals surface area (Å²) in [7, 11) is 0. The smallest absolute Gasteiger partial charge is 0.220 e. The zero-order chi connectivity index (χ0) is 12.6. The number of rotatable bonds is 6. The number of carbonyl (C=O) groups excluding carboxylic acids is 1. The zero-order valence-electron chi connectivity index (χ0n) is 10.4. The third-order valence-corrected chi connectivity index (χ3v) is 2.86. The van der Waals surface area contributed by atoms with Gasteiger partial charge in [-0.3, -0.25) is 4.79 Å². The lowest BCUT2D eigenvalue weighted by atomic mass is 10.1. The predicted molar refractivity (Wildman–Crippen MR) is 72.3 cm³/mol. The minimum Gasteiger partial charge on any atom is -0.365 e. The first-order valence-electron chi connectivity index (χ1n) is 6.27. The second-order valence-corrected chi connectivity index (χ2v) is 4.28. The van der Waals surface area contributed by atoms with Gasteiger partial charge >= 0.3 is 0 Å². The summed E-state index contributed by atoms with van der Waals surface area (Å²) in [6.07, 6.45) is 4.07. The lowest BCUT2D eigenvalue weighted by molar-refractivity contribution is -0.121. The van der Waals surface area contributed by atoms with E-state index in [2.05, 4.69) is 22.4 Å². The van der Waals surface area contributed by atoms with Crippen LogP contribution < -0.4 is 5.32 Å². The number of amides is 1. The van der Waals surface area contributed by atoms with Gasteiger partial charge in [0, 0.05) is 24.9 Å². The fourth-order valence-corrected chi connectivity index (χ4v) is 1.85. The Balaban J connectivity index is 1.63. The van der Waals surface area contributed by atoms with Crippen molar-refractivity contribution in [3.8, 4) is 0 Å². The van der Waals surface area contributed by atoms with Crippen LogP contribution >= 0.6 is 0 Å². The standard InChI is InChI=1S/C15H18N2O/c18-15(9-8-14-7-4-11-16-14)17-12-10-13-5-2-1-3-6-13/h1-7,11,16H,8-10,12H2,(H,17,18). The predicted octanol–water partition coefficient (Wildman–Crippen LogP) is 2.31. The Bertz CT molecular complexity index is 463. The van der Waals surface area contributed by atoms with Crippen LogP contribution in [-0.4, -0.2) is 17.4 Å². The van der Waals surface area contributed by atoms with E-state index in [0.29, 0.717) is 13.0 Å². The lowest BCUT2D eigenvalue weighted by Gasteiger charge is -2.04. The molecule has 0 radical (unpaired) electrons. The molecule has 2 N–H and O–H groups in total. The molecule has 0 aliphatic heterocycles. The van der Waals surface area contributed by atoms with Gasteiger partial charge in [-0.05, 0) is 30.5 Å². The van der Waals surface area contributed by atoms with Crippen molar-refractivity contribution in [2.24, 2.45) is 0 Å². The number of hydrogen-bond acceptors (Lipinski definition) is 1. The summed E-state index contributed by atoms with van der Waals surface area (Å²) in [5, 5.41) is 2.94. The van der Waals surface area contributed by atoms with E-state index in [0.717, 1.165) is 18.5 Å². The van der Waals surface area contributed by atoms with Gasteiger partial charge in [-0.2, -0.15) is 0 Å². The maximum Gasteiger partial charge on any atom is 0.220 e. The molecule has 0 bridgehead atoms. The molecule has 2 aromatic rings. The molecule has 0 unspecified atom stereocenters. The van der Waals surface area contributed by atoms with Crippen LogP contribution in [-0.2, 0) is 17.6 Å². The molecule has 1 amide bonds. The average molecular weight is 242 g/mol. The van der Waals surface area contributed by atoms with Crippen LogP contribution in [0.4, 0.5) is 0 Å². The molecule has 0 saturated heterocycles. The van der Waals surface area contributed by atoms with E-state index in [1.165, 1.54) is 5.56 Å². The van der Waals surface area contributed by atoms with Gasteiger partial charge < -0.3 is 10.3 Å². The number of aromatic amines is 1. The third-order valence-electron chi connectivity index (χ3n) is 2.86. The first-order chi connectivity index (χ1) is 8.84. The Hall–Kier alpha value is -2.03. The number of aryl methyl sites for hydroxylation is 1. The summed E-state index contributed by atoms with van der Waals surface area (Å²) < 4.78 is 0. The maximum atomic E-state index is 11.6. The minimum absolute atomic E-state index is 0.112. The monoisotopic (exact) mass is 242 g/mol. The zero-order valence-corrected chi connectivity index (χ0v) is 10.4. The SMILES string of the molecule is O=C(CCc1ccc[nH]1)NCCc1ccccc1. The molecule has 0 spiro atoms. The van der Waals surface area contributed by atoms with E-state index in [-0.39, 0.29) is 5.91 Å². The van der Waals surface area contributed by atoms with Crippen molar-refractivity contribution in [2.75, 3.05) is 6.54 Å². The summed E-state index contributed by atoms with van der Waals surface area (Å²) in [6, 6.07) is 14.1. The minimum atomic E-state index is 0.112. The normalized spacial score (nSPS) is 10.2. The summed E-state index contributed by atoms with van der Waals surface area (Å²) >= 11 is 0. The van der Waals surface area contributed by atoms with E-state index in [1.807, 2.05) is 36.5 Å². The van der Waals surface area contributed by atoms with Gasteiger partial charge in [0.25, 0.3) is 0 Å². The second kappa shape index (κ2) is 6.64. The van der Waals surface area contributed by atoms with Gasteiger partial charge in [-0.25, -0.2) is 0 Å². The summed E-state index contributed by atoms with van der Waals surface area (Å²) in [5.41, 5.74) is 2.36. The Kier molecular flexibility index (Phi) is 4.59. The Morgan fingerprint density at radius 3 is 2.61 bits per heavy atom. The molecule has 0 aliphatic rings.